The maximum atomic E-state index is 13.0. The van der Waals surface area contributed by atoms with Crippen molar-refractivity contribution >= 4 is 15.6 Å². The second kappa shape index (κ2) is 5.53. The van der Waals surface area contributed by atoms with Gasteiger partial charge < -0.3 is 10.2 Å². The zero-order valence-corrected chi connectivity index (χ0v) is 11.5. The molecule has 0 aliphatic heterocycles. The molecule has 2 aromatic rings. The second-order valence-corrected chi connectivity index (χ2v) is 6.33. The van der Waals surface area contributed by atoms with Crippen LogP contribution in [0.3, 0.4) is 0 Å². The van der Waals surface area contributed by atoms with Crippen LogP contribution in [0.4, 0.5) is 4.39 Å². The molecule has 0 spiro atoms. The third kappa shape index (κ3) is 3.38. The minimum absolute atomic E-state index is 0.229. The minimum Gasteiger partial charge on any atom is -0.508 e. The topological polar surface area (TPSA) is 91.7 Å². The Morgan fingerprint density at radius 1 is 1.10 bits per heavy atom. The van der Waals surface area contributed by atoms with Crippen molar-refractivity contribution in [3.8, 4) is 11.5 Å². The van der Waals surface area contributed by atoms with E-state index in [0.29, 0.717) is 0 Å². The third-order valence-corrected chi connectivity index (χ3v) is 4.37. The van der Waals surface area contributed by atoms with Crippen LogP contribution in [0.1, 0.15) is 10.4 Å². The van der Waals surface area contributed by atoms with Crippen molar-refractivity contribution in [2.75, 3.05) is 5.75 Å². The van der Waals surface area contributed by atoms with Gasteiger partial charge in [0.2, 0.25) is 0 Å². The summed E-state index contributed by atoms with van der Waals surface area (Å²) in [6.45, 7) is 0. The fourth-order valence-corrected chi connectivity index (χ4v) is 3.00. The molecule has 0 aliphatic carbocycles. The van der Waals surface area contributed by atoms with Crippen LogP contribution in [0.15, 0.2) is 47.4 Å². The number of carbonyl (C=O) groups excluding carboxylic acids is 1. The average molecular weight is 310 g/mol. The first-order valence-corrected chi connectivity index (χ1v) is 7.48. The highest BCUT2D eigenvalue weighted by atomic mass is 32.2. The van der Waals surface area contributed by atoms with Gasteiger partial charge in [-0.1, -0.05) is 6.07 Å². The van der Waals surface area contributed by atoms with Crippen LogP contribution >= 0.6 is 0 Å². The lowest BCUT2D eigenvalue weighted by atomic mass is 10.1. The predicted molar refractivity (Wildman–Crippen MR) is 72.6 cm³/mol. The molecule has 0 heterocycles. The highest BCUT2D eigenvalue weighted by Crippen LogP contribution is 2.24. The highest BCUT2D eigenvalue weighted by Gasteiger charge is 2.22. The van der Waals surface area contributed by atoms with E-state index < -0.39 is 32.9 Å². The number of aromatic hydroxyl groups is 2. The van der Waals surface area contributed by atoms with Gasteiger partial charge in [0.1, 0.15) is 23.1 Å². The Hall–Kier alpha value is -2.41. The molecule has 0 aromatic heterocycles. The summed E-state index contributed by atoms with van der Waals surface area (Å²) in [6, 6.07) is 7.52. The van der Waals surface area contributed by atoms with Gasteiger partial charge in [0.05, 0.1) is 10.5 Å². The molecule has 0 atom stereocenters. The van der Waals surface area contributed by atoms with Gasteiger partial charge in [0, 0.05) is 6.07 Å². The molecular weight excluding hydrogens is 299 g/mol. The number of rotatable bonds is 4. The van der Waals surface area contributed by atoms with E-state index in [-0.39, 0.29) is 16.2 Å². The lowest BCUT2D eigenvalue weighted by Crippen LogP contribution is -2.16. The molecule has 0 aliphatic rings. The van der Waals surface area contributed by atoms with Crippen LogP contribution < -0.4 is 0 Å². The molecule has 0 unspecified atom stereocenters. The Balaban J connectivity index is 2.30. The summed E-state index contributed by atoms with van der Waals surface area (Å²) in [4.78, 5) is 11.6. The normalized spacial score (nSPS) is 11.3. The molecule has 2 N–H and O–H groups in total. The molecule has 21 heavy (non-hydrogen) atoms. The number of phenols is 2. The molecule has 0 fully saturated rings. The van der Waals surface area contributed by atoms with E-state index in [1.807, 2.05) is 0 Å². The van der Waals surface area contributed by atoms with Crippen LogP contribution in [-0.4, -0.2) is 30.2 Å². The van der Waals surface area contributed by atoms with Gasteiger partial charge >= 0.3 is 0 Å². The van der Waals surface area contributed by atoms with Crippen LogP contribution in [0.25, 0.3) is 0 Å². The van der Waals surface area contributed by atoms with E-state index in [4.69, 9.17) is 5.11 Å². The van der Waals surface area contributed by atoms with E-state index >= 15 is 0 Å². The van der Waals surface area contributed by atoms with Gasteiger partial charge in [-0.25, -0.2) is 12.8 Å². The molecule has 2 rings (SSSR count). The number of phenolic OH excluding ortho intramolecular Hbond substituents is 2. The number of benzene rings is 2. The fourth-order valence-electron chi connectivity index (χ4n) is 1.75. The van der Waals surface area contributed by atoms with E-state index in [0.717, 1.165) is 30.3 Å². The summed E-state index contributed by atoms with van der Waals surface area (Å²) < 4.78 is 37.1. The summed E-state index contributed by atoms with van der Waals surface area (Å²) in [5, 5.41) is 18.7. The maximum absolute atomic E-state index is 13.0. The van der Waals surface area contributed by atoms with Crippen molar-refractivity contribution in [2.45, 2.75) is 4.90 Å². The molecule has 5 nitrogen and oxygen atoms in total. The van der Waals surface area contributed by atoms with Gasteiger partial charge in [-0.3, -0.25) is 4.79 Å². The standard InChI is InChI=1S/C14H11FO5S/c15-9-2-1-3-11(6-9)21(19,20)8-14(18)12-5-4-10(16)7-13(12)17/h1-7,16-17H,8H2. The Bertz CT molecular complexity index is 799. The predicted octanol–water partition coefficient (Wildman–Crippen LogP) is 1.89. The molecular formula is C14H11FO5S. The third-order valence-electron chi connectivity index (χ3n) is 2.76. The number of ketones is 1. The van der Waals surface area contributed by atoms with E-state index in [1.165, 1.54) is 12.1 Å². The first-order valence-electron chi connectivity index (χ1n) is 5.83. The molecule has 0 amide bonds. The Kier molecular flexibility index (Phi) is 3.95. The number of halogens is 1. The van der Waals surface area contributed by atoms with Crippen molar-refractivity contribution in [1.29, 1.82) is 0 Å². The van der Waals surface area contributed by atoms with Crippen molar-refractivity contribution in [2.24, 2.45) is 0 Å². The van der Waals surface area contributed by atoms with Gasteiger partial charge in [0.25, 0.3) is 0 Å². The molecule has 110 valence electrons. The van der Waals surface area contributed by atoms with Crippen LogP contribution in [0.2, 0.25) is 0 Å². The number of hydrogen-bond acceptors (Lipinski definition) is 5. The first-order chi connectivity index (χ1) is 9.79. The number of sulfone groups is 1. The SMILES string of the molecule is O=C(CS(=O)(=O)c1cccc(F)c1)c1ccc(O)cc1O. The molecule has 7 heteroatoms. The van der Waals surface area contributed by atoms with E-state index in [9.17, 15) is 22.7 Å². The number of carbonyl (C=O) groups is 1. The Morgan fingerprint density at radius 3 is 2.43 bits per heavy atom. The zero-order valence-electron chi connectivity index (χ0n) is 10.7. The summed E-state index contributed by atoms with van der Waals surface area (Å²) >= 11 is 0. The fraction of sp³-hybridized carbons (Fsp3) is 0.0714. The average Bonchev–Trinajstić information content (AvgIpc) is 2.37. The number of hydrogen-bond donors (Lipinski definition) is 2. The largest absolute Gasteiger partial charge is 0.508 e. The van der Waals surface area contributed by atoms with Crippen molar-refractivity contribution < 1.29 is 27.8 Å². The quantitative estimate of drug-likeness (QED) is 0.841. The zero-order chi connectivity index (χ0) is 15.6. The second-order valence-electron chi connectivity index (χ2n) is 4.34. The van der Waals surface area contributed by atoms with E-state index in [2.05, 4.69) is 0 Å². The van der Waals surface area contributed by atoms with Gasteiger partial charge in [0.15, 0.2) is 15.6 Å². The molecule has 2 aromatic carbocycles. The molecule has 0 saturated heterocycles. The van der Waals surface area contributed by atoms with Gasteiger partial charge in [-0.2, -0.15) is 0 Å². The monoisotopic (exact) mass is 310 g/mol. The Morgan fingerprint density at radius 2 is 1.81 bits per heavy atom. The highest BCUT2D eigenvalue weighted by molar-refractivity contribution is 7.92. The number of Topliss-reactive ketones (excluding diaryl/α,β-unsaturated/α-hetero) is 1. The summed E-state index contributed by atoms with van der Waals surface area (Å²) in [7, 11) is -4.02. The van der Waals surface area contributed by atoms with E-state index in [1.54, 1.807) is 0 Å². The summed E-state index contributed by atoms with van der Waals surface area (Å²) in [5.74, 6) is -3.26. The lowest BCUT2D eigenvalue weighted by molar-refractivity contribution is 0.101. The minimum atomic E-state index is -4.02. The molecule has 0 saturated carbocycles. The smallest absolute Gasteiger partial charge is 0.185 e. The van der Waals surface area contributed by atoms with Crippen molar-refractivity contribution in [1.82, 2.24) is 0 Å². The summed E-state index contributed by atoms with van der Waals surface area (Å²) in [6.07, 6.45) is 0. The molecule has 0 radical (unpaired) electrons. The maximum Gasteiger partial charge on any atom is 0.185 e. The molecule has 0 bridgehead atoms. The van der Waals surface area contributed by atoms with Crippen molar-refractivity contribution in [3.63, 3.8) is 0 Å². The van der Waals surface area contributed by atoms with Gasteiger partial charge in [-0.15, -0.1) is 0 Å². The van der Waals surface area contributed by atoms with Gasteiger partial charge in [-0.05, 0) is 30.3 Å². The van der Waals surface area contributed by atoms with Crippen LogP contribution in [0, 0.1) is 5.82 Å². The van der Waals surface area contributed by atoms with Crippen molar-refractivity contribution in [3.05, 3.63) is 53.8 Å². The van der Waals surface area contributed by atoms with Crippen LogP contribution in [0.5, 0.6) is 11.5 Å². The summed E-state index contributed by atoms with van der Waals surface area (Å²) in [5.41, 5.74) is -0.229. The first kappa shape index (κ1) is 15.0. The van der Waals surface area contributed by atoms with Crippen LogP contribution in [-0.2, 0) is 9.84 Å². The lowest BCUT2D eigenvalue weighted by Gasteiger charge is -2.06. The Labute approximate surface area is 120 Å².